The molecule has 1 fully saturated rings. The van der Waals surface area contributed by atoms with Gasteiger partial charge in [0.15, 0.2) is 0 Å². The molecule has 0 spiro atoms. The molecule has 1 aromatic rings. The van der Waals surface area contributed by atoms with Crippen molar-refractivity contribution < 1.29 is 0 Å². The molecule has 0 aromatic heterocycles. The molecule has 0 N–H and O–H groups in total. The smallest absolute Gasteiger partial charge is 0.0467 e. The Morgan fingerprint density at radius 3 is 2.89 bits per heavy atom. The van der Waals surface area contributed by atoms with Gasteiger partial charge in [-0.1, -0.05) is 33.6 Å². The van der Waals surface area contributed by atoms with Crippen LogP contribution in [0.25, 0.3) is 0 Å². The number of anilines is 1. The Morgan fingerprint density at radius 2 is 2.22 bits per heavy atom. The average Bonchev–Trinajstić information content (AvgIpc) is 2.75. The maximum atomic E-state index is 6.29. The summed E-state index contributed by atoms with van der Waals surface area (Å²) in [6, 6.07) is 6.82. The summed E-state index contributed by atoms with van der Waals surface area (Å²) in [6.07, 6.45) is 2.54. The van der Waals surface area contributed by atoms with Crippen LogP contribution in [0.5, 0.6) is 0 Å². The summed E-state index contributed by atoms with van der Waals surface area (Å²) in [5.41, 5.74) is 2.51. The molecule has 1 unspecified atom stereocenters. The molecule has 2 rings (SSSR count). The lowest BCUT2D eigenvalue weighted by Gasteiger charge is -2.30. The highest BCUT2D eigenvalue weighted by molar-refractivity contribution is 9.08. The first-order valence-corrected chi connectivity index (χ1v) is 7.88. The number of hydrogen-bond donors (Lipinski definition) is 0. The fourth-order valence-corrected chi connectivity index (χ4v) is 3.70. The van der Waals surface area contributed by atoms with Crippen molar-refractivity contribution in [2.75, 3.05) is 32.1 Å². The number of benzene rings is 1. The Hall–Kier alpha value is -0.250. The van der Waals surface area contributed by atoms with Gasteiger partial charge in [0.25, 0.3) is 0 Å². The van der Waals surface area contributed by atoms with Gasteiger partial charge in [0.2, 0.25) is 0 Å². The van der Waals surface area contributed by atoms with Crippen LogP contribution < -0.4 is 4.90 Å². The molecule has 4 heteroatoms. The molecule has 0 bridgehead atoms. The summed E-state index contributed by atoms with van der Waals surface area (Å²) >= 11 is 9.85. The van der Waals surface area contributed by atoms with Crippen LogP contribution in [0.2, 0.25) is 5.02 Å². The molecule has 18 heavy (non-hydrogen) atoms. The minimum Gasteiger partial charge on any atom is -0.367 e. The second-order valence-corrected chi connectivity index (χ2v) is 6.09. The van der Waals surface area contributed by atoms with Crippen LogP contribution in [-0.4, -0.2) is 38.1 Å². The Morgan fingerprint density at radius 1 is 1.44 bits per heavy atom. The van der Waals surface area contributed by atoms with Gasteiger partial charge in [-0.05, 0) is 39.1 Å². The normalized spacial score (nSPS) is 19.8. The second-order valence-electron chi connectivity index (χ2n) is 5.12. The van der Waals surface area contributed by atoms with E-state index in [9.17, 15) is 0 Å². The molecular formula is C14H20BrClN2. The standard InChI is InChI=1S/C14H20BrClN2/c1-17(2)10-11-5-4-8-18(11)14-7-3-6-13(16)12(14)9-15/h3,6-7,11H,4-5,8-10H2,1-2H3. The van der Waals surface area contributed by atoms with Crippen LogP contribution in [0.15, 0.2) is 18.2 Å². The number of likely N-dealkylation sites (N-methyl/N-ethyl adjacent to an activating group) is 1. The van der Waals surface area contributed by atoms with Crippen LogP contribution in [0.1, 0.15) is 18.4 Å². The molecule has 1 aliphatic rings. The van der Waals surface area contributed by atoms with E-state index in [1.807, 2.05) is 6.07 Å². The molecule has 0 saturated carbocycles. The van der Waals surface area contributed by atoms with Gasteiger partial charge in [-0.3, -0.25) is 0 Å². The quantitative estimate of drug-likeness (QED) is 0.775. The van der Waals surface area contributed by atoms with Crippen LogP contribution in [0.3, 0.4) is 0 Å². The first-order chi connectivity index (χ1) is 8.63. The first kappa shape index (κ1) is 14.2. The maximum Gasteiger partial charge on any atom is 0.0467 e. The fourth-order valence-electron chi connectivity index (χ4n) is 2.71. The number of nitrogens with zero attached hydrogens (tertiary/aromatic N) is 2. The number of alkyl halides is 1. The molecule has 100 valence electrons. The molecule has 1 saturated heterocycles. The second kappa shape index (κ2) is 6.27. The summed E-state index contributed by atoms with van der Waals surface area (Å²) in [6.45, 7) is 2.24. The van der Waals surface area contributed by atoms with Gasteiger partial charge in [-0.15, -0.1) is 0 Å². The van der Waals surface area contributed by atoms with Gasteiger partial charge >= 0.3 is 0 Å². The van der Waals surface area contributed by atoms with E-state index in [4.69, 9.17) is 11.6 Å². The van der Waals surface area contributed by atoms with E-state index in [0.717, 1.165) is 23.4 Å². The molecule has 1 atom stereocenters. The van der Waals surface area contributed by atoms with Gasteiger partial charge in [-0.2, -0.15) is 0 Å². The zero-order chi connectivity index (χ0) is 13.1. The SMILES string of the molecule is CN(C)CC1CCCN1c1cccc(Cl)c1CBr. The highest BCUT2D eigenvalue weighted by atomic mass is 79.9. The van der Waals surface area contributed by atoms with Crippen LogP contribution >= 0.6 is 27.5 Å². The van der Waals surface area contributed by atoms with E-state index < -0.39 is 0 Å². The summed E-state index contributed by atoms with van der Waals surface area (Å²) in [5, 5.41) is 1.67. The van der Waals surface area contributed by atoms with Crippen molar-refractivity contribution in [2.45, 2.75) is 24.2 Å². The van der Waals surface area contributed by atoms with Crippen molar-refractivity contribution >= 4 is 33.2 Å². The first-order valence-electron chi connectivity index (χ1n) is 6.38. The molecule has 1 heterocycles. The lowest BCUT2D eigenvalue weighted by atomic mass is 10.1. The van der Waals surface area contributed by atoms with Crippen molar-refractivity contribution in [3.63, 3.8) is 0 Å². The summed E-state index contributed by atoms with van der Waals surface area (Å²) in [5.74, 6) is 0. The van der Waals surface area contributed by atoms with Gasteiger partial charge < -0.3 is 9.80 Å². The van der Waals surface area contributed by atoms with E-state index in [0.29, 0.717) is 6.04 Å². The predicted octanol–water partition coefficient (Wildman–Crippen LogP) is 3.77. The lowest BCUT2D eigenvalue weighted by Crippen LogP contribution is -2.38. The van der Waals surface area contributed by atoms with E-state index in [2.05, 4.69) is 52.0 Å². The van der Waals surface area contributed by atoms with E-state index >= 15 is 0 Å². The highest BCUT2D eigenvalue weighted by Gasteiger charge is 2.26. The number of rotatable bonds is 4. The minimum atomic E-state index is 0.608. The molecule has 1 aromatic carbocycles. The lowest BCUT2D eigenvalue weighted by molar-refractivity contribution is 0.372. The Labute approximate surface area is 123 Å². The minimum absolute atomic E-state index is 0.608. The van der Waals surface area contributed by atoms with Crippen molar-refractivity contribution in [1.29, 1.82) is 0 Å². The Kier molecular flexibility index (Phi) is 4.93. The molecule has 2 nitrogen and oxygen atoms in total. The number of halogens is 2. The van der Waals surface area contributed by atoms with Crippen molar-refractivity contribution in [3.8, 4) is 0 Å². The Bertz CT molecular complexity index is 409. The fraction of sp³-hybridized carbons (Fsp3) is 0.571. The van der Waals surface area contributed by atoms with Gasteiger partial charge in [0.1, 0.15) is 0 Å². The van der Waals surface area contributed by atoms with E-state index in [-0.39, 0.29) is 0 Å². The number of hydrogen-bond acceptors (Lipinski definition) is 2. The zero-order valence-electron chi connectivity index (χ0n) is 11.0. The van der Waals surface area contributed by atoms with Crippen LogP contribution in [-0.2, 0) is 5.33 Å². The highest BCUT2D eigenvalue weighted by Crippen LogP contribution is 2.34. The summed E-state index contributed by atoms with van der Waals surface area (Å²) < 4.78 is 0. The third kappa shape index (κ3) is 3.01. The van der Waals surface area contributed by atoms with Crippen molar-refractivity contribution in [3.05, 3.63) is 28.8 Å². The average molecular weight is 332 g/mol. The Balaban J connectivity index is 2.27. The van der Waals surface area contributed by atoms with Crippen LogP contribution in [0.4, 0.5) is 5.69 Å². The molecule has 0 amide bonds. The maximum absolute atomic E-state index is 6.29. The van der Waals surface area contributed by atoms with Crippen LogP contribution in [0, 0.1) is 0 Å². The molecule has 1 aliphatic heterocycles. The topological polar surface area (TPSA) is 6.48 Å². The summed E-state index contributed by atoms with van der Waals surface area (Å²) in [7, 11) is 4.28. The van der Waals surface area contributed by atoms with Gasteiger partial charge in [0.05, 0.1) is 0 Å². The monoisotopic (exact) mass is 330 g/mol. The third-order valence-electron chi connectivity index (χ3n) is 3.49. The van der Waals surface area contributed by atoms with Crippen molar-refractivity contribution in [1.82, 2.24) is 4.90 Å². The zero-order valence-corrected chi connectivity index (χ0v) is 13.3. The van der Waals surface area contributed by atoms with Gasteiger partial charge in [0, 0.05) is 40.7 Å². The molecular weight excluding hydrogens is 312 g/mol. The molecule has 0 aliphatic carbocycles. The molecule has 0 radical (unpaired) electrons. The largest absolute Gasteiger partial charge is 0.367 e. The van der Waals surface area contributed by atoms with E-state index in [1.165, 1.54) is 24.1 Å². The van der Waals surface area contributed by atoms with E-state index in [1.54, 1.807) is 0 Å². The van der Waals surface area contributed by atoms with Gasteiger partial charge in [-0.25, -0.2) is 0 Å². The summed E-state index contributed by atoms with van der Waals surface area (Å²) in [4.78, 5) is 4.78. The van der Waals surface area contributed by atoms with Crippen molar-refractivity contribution in [2.24, 2.45) is 0 Å². The third-order valence-corrected chi connectivity index (χ3v) is 4.41. The predicted molar refractivity (Wildman–Crippen MR) is 83.0 cm³/mol.